The standard InChI is InChI=1S/C24H30FN3O6S/c1-4-12-26-24(30)17(3)27(14-18-6-8-19(25)9-7-18)23(29)15-28(35(31,32)5-2)20-10-11-21-22(13-20)34-16-33-21/h6-11,13,17H,4-5,12,14-16H2,1-3H3,(H,26,30)/t17-/m0/s1. The lowest BCUT2D eigenvalue weighted by Gasteiger charge is -2.32. The largest absolute Gasteiger partial charge is 0.454 e. The summed E-state index contributed by atoms with van der Waals surface area (Å²) in [7, 11) is -3.86. The number of rotatable bonds is 11. The molecule has 0 unspecified atom stereocenters. The van der Waals surface area contributed by atoms with E-state index in [9.17, 15) is 22.4 Å². The Labute approximate surface area is 204 Å². The Balaban J connectivity index is 1.92. The number of sulfonamides is 1. The van der Waals surface area contributed by atoms with E-state index < -0.39 is 34.3 Å². The number of hydrogen-bond acceptors (Lipinski definition) is 6. The van der Waals surface area contributed by atoms with Gasteiger partial charge in [-0.25, -0.2) is 12.8 Å². The number of benzene rings is 2. The molecule has 1 aliphatic heterocycles. The number of fused-ring (bicyclic) bond motifs is 1. The highest BCUT2D eigenvalue weighted by molar-refractivity contribution is 7.92. The minimum atomic E-state index is -3.86. The molecular formula is C24H30FN3O6S. The number of halogens is 1. The number of carbonyl (C=O) groups is 2. The van der Waals surface area contributed by atoms with Crippen molar-refractivity contribution in [3.63, 3.8) is 0 Å². The summed E-state index contributed by atoms with van der Waals surface area (Å²) in [6.07, 6.45) is 0.719. The lowest BCUT2D eigenvalue weighted by atomic mass is 10.1. The van der Waals surface area contributed by atoms with Crippen molar-refractivity contribution in [3.8, 4) is 11.5 Å². The molecule has 0 saturated heterocycles. The van der Waals surface area contributed by atoms with Gasteiger partial charge in [-0.05, 0) is 50.1 Å². The van der Waals surface area contributed by atoms with Crippen LogP contribution in [0.15, 0.2) is 42.5 Å². The second-order valence-corrected chi connectivity index (χ2v) is 10.2. The first-order valence-electron chi connectivity index (χ1n) is 11.4. The summed E-state index contributed by atoms with van der Waals surface area (Å²) in [4.78, 5) is 27.5. The minimum Gasteiger partial charge on any atom is -0.454 e. The molecule has 35 heavy (non-hydrogen) atoms. The molecule has 1 heterocycles. The van der Waals surface area contributed by atoms with Gasteiger partial charge in [0.2, 0.25) is 28.6 Å². The van der Waals surface area contributed by atoms with Crippen LogP contribution in [0.5, 0.6) is 11.5 Å². The maximum absolute atomic E-state index is 13.5. The second kappa shape index (κ2) is 11.4. The summed E-state index contributed by atoms with van der Waals surface area (Å²) >= 11 is 0. The molecule has 2 aromatic rings. The van der Waals surface area contributed by atoms with Gasteiger partial charge in [0.25, 0.3) is 0 Å². The van der Waals surface area contributed by atoms with Crippen molar-refractivity contribution in [1.82, 2.24) is 10.2 Å². The van der Waals surface area contributed by atoms with Crippen molar-refractivity contribution < 1.29 is 31.9 Å². The Bertz CT molecular complexity index is 1160. The monoisotopic (exact) mass is 507 g/mol. The van der Waals surface area contributed by atoms with Gasteiger partial charge < -0.3 is 19.7 Å². The van der Waals surface area contributed by atoms with Crippen molar-refractivity contribution in [2.75, 3.05) is 29.9 Å². The van der Waals surface area contributed by atoms with Gasteiger partial charge >= 0.3 is 0 Å². The van der Waals surface area contributed by atoms with Crippen LogP contribution in [-0.4, -0.2) is 56.8 Å². The van der Waals surface area contributed by atoms with Gasteiger partial charge in [-0.2, -0.15) is 0 Å². The highest BCUT2D eigenvalue weighted by Gasteiger charge is 2.31. The van der Waals surface area contributed by atoms with Gasteiger partial charge in [-0.1, -0.05) is 19.1 Å². The fourth-order valence-electron chi connectivity index (χ4n) is 3.53. The normalized spacial score (nSPS) is 13.3. The lowest BCUT2D eigenvalue weighted by molar-refractivity contribution is -0.139. The molecule has 0 radical (unpaired) electrons. The van der Waals surface area contributed by atoms with Gasteiger partial charge in [0, 0.05) is 19.2 Å². The van der Waals surface area contributed by atoms with E-state index in [1.165, 1.54) is 48.2 Å². The van der Waals surface area contributed by atoms with Crippen molar-refractivity contribution in [2.24, 2.45) is 0 Å². The molecule has 0 saturated carbocycles. The number of carbonyl (C=O) groups excluding carboxylic acids is 2. The van der Waals surface area contributed by atoms with E-state index >= 15 is 0 Å². The summed E-state index contributed by atoms with van der Waals surface area (Å²) in [6.45, 7) is 4.90. The van der Waals surface area contributed by atoms with Gasteiger partial charge in [0.1, 0.15) is 18.4 Å². The average molecular weight is 508 g/mol. The first kappa shape index (κ1) is 26.3. The molecule has 2 amide bonds. The van der Waals surface area contributed by atoms with Crippen LogP contribution in [0.1, 0.15) is 32.8 Å². The Morgan fingerprint density at radius 1 is 1.09 bits per heavy atom. The van der Waals surface area contributed by atoms with Gasteiger partial charge in [-0.3, -0.25) is 13.9 Å². The zero-order valence-electron chi connectivity index (χ0n) is 20.0. The first-order valence-corrected chi connectivity index (χ1v) is 13.0. The molecule has 0 fully saturated rings. The fourth-order valence-corrected chi connectivity index (χ4v) is 4.58. The molecule has 9 nitrogen and oxygen atoms in total. The highest BCUT2D eigenvalue weighted by Crippen LogP contribution is 2.36. The Morgan fingerprint density at radius 2 is 1.77 bits per heavy atom. The predicted molar refractivity (Wildman–Crippen MR) is 129 cm³/mol. The molecule has 1 aliphatic rings. The van der Waals surface area contributed by atoms with E-state index in [0.717, 1.165) is 10.7 Å². The van der Waals surface area contributed by atoms with Crippen LogP contribution in [0.3, 0.4) is 0 Å². The smallest absolute Gasteiger partial charge is 0.244 e. The third-order valence-corrected chi connectivity index (χ3v) is 7.35. The molecule has 1 N–H and O–H groups in total. The minimum absolute atomic E-state index is 0.000969. The summed E-state index contributed by atoms with van der Waals surface area (Å²) in [5.41, 5.74) is 0.845. The molecule has 0 aliphatic carbocycles. The molecule has 0 bridgehead atoms. The third kappa shape index (κ3) is 6.41. The quantitative estimate of drug-likeness (QED) is 0.501. The summed E-state index contributed by atoms with van der Waals surface area (Å²) in [5, 5.41) is 2.76. The van der Waals surface area contributed by atoms with Gasteiger partial charge in [0.05, 0.1) is 11.4 Å². The van der Waals surface area contributed by atoms with Crippen molar-refractivity contribution in [1.29, 1.82) is 0 Å². The van der Waals surface area contributed by atoms with E-state index in [0.29, 0.717) is 23.6 Å². The van der Waals surface area contributed by atoms with E-state index in [4.69, 9.17) is 9.47 Å². The molecule has 0 aromatic heterocycles. The first-order chi connectivity index (χ1) is 16.7. The topological polar surface area (TPSA) is 105 Å². The Morgan fingerprint density at radius 3 is 2.43 bits per heavy atom. The zero-order chi connectivity index (χ0) is 25.6. The van der Waals surface area contributed by atoms with Crippen molar-refractivity contribution in [3.05, 3.63) is 53.8 Å². The highest BCUT2D eigenvalue weighted by atomic mass is 32.2. The lowest BCUT2D eigenvalue weighted by Crippen LogP contribution is -2.51. The van der Waals surface area contributed by atoms with Crippen molar-refractivity contribution >= 4 is 27.5 Å². The number of amides is 2. The SMILES string of the molecule is CCCNC(=O)[C@H](C)N(Cc1ccc(F)cc1)C(=O)CN(c1ccc2c(c1)OCO2)S(=O)(=O)CC. The number of nitrogens with one attached hydrogen (secondary N) is 1. The van der Waals surface area contributed by atoms with Crippen LogP contribution in [0.25, 0.3) is 0 Å². The fraction of sp³-hybridized carbons (Fsp3) is 0.417. The number of hydrogen-bond donors (Lipinski definition) is 1. The molecule has 11 heteroatoms. The van der Waals surface area contributed by atoms with Crippen LogP contribution in [0, 0.1) is 5.82 Å². The van der Waals surface area contributed by atoms with Crippen LogP contribution < -0.4 is 19.1 Å². The van der Waals surface area contributed by atoms with Gasteiger partial charge in [-0.15, -0.1) is 0 Å². The van der Waals surface area contributed by atoms with E-state index in [1.54, 1.807) is 13.0 Å². The maximum atomic E-state index is 13.5. The van der Waals surface area contributed by atoms with E-state index in [2.05, 4.69) is 5.32 Å². The molecular weight excluding hydrogens is 477 g/mol. The van der Waals surface area contributed by atoms with Crippen LogP contribution in [-0.2, 0) is 26.2 Å². The third-order valence-electron chi connectivity index (χ3n) is 5.61. The molecule has 190 valence electrons. The number of nitrogens with zero attached hydrogens (tertiary/aromatic N) is 2. The Hall–Kier alpha value is -3.34. The predicted octanol–water partition coefficient (Wildman–Crippen LogP) is 2.65. The van der Waals surface area contributed by atoms with Crippen molar-refractivity contribution in [2.45, 2.75) is 39.8 Å². The number of ether oxygens (including phenoxy) is 2. The van der Waals surface area contributed by atoms with Crippen LogP contribution in [0.2, 0.25) is 0 Å². The molecule has 1 atom stereocenters. The van der Waals surface area contributed by atoms with E-state index in [1.807, 2.05) is 6.92 Å². The average Bonchev–Trinajstić information content (AvgIpc) is 3.32. The summed E-state index contributed by atoms with van der Waals surface area (Å²) < 4.78 is 51.0. The Kier molecular flexibility index (Phi) is 8.55. The second-order valence-electron chi connectivity index (χ2n) is 8.06. The maximum Gasteiger partial charge on any atom is 0.244 e. The van der Waals surface area contributed by atoms with Crippen LogP contribution in [0.4, 0.5) is 10.1 Å². The summed E-state index contributed by atoms with van der Waals surface area (Å²) in [6, 6.07) is 9.30. The van der Waals surface area contributed by atoms with Gasteiger partial charge in [0.15, 0.2) is 11.5 Å². The zero-order valence-corrected chi connectivity index (χ0v) is 20.8. The van der Waals surface area contributed by atoms with Crippen LogP contribution >= 0.6 is 0 Å². The van der Waals surface area contributed by atoms with E-state index in [-0.39, 0.29) is 30.7 Å². The molecule has 3 rings (SSSR count). The molecule has 2 aromatic carbocycles. The summed E-state index contributed by atoms with van der Waals surface area (Å²) in [5.74, 6) is -0.754. The molecule has 0 spiro atoms. The number of anilines is 1.